The van der Waals surface area contributed by atoms with Crippen molar-refractivity contribution in [3.05, 3.63) is 23.8 Å². The van der Waals surface area contributed by atoms with Gasteiger partial charge in [0.1, 0.15) is 0 Å². The number of nitrogens with zero attached hydrogens (tertiary/aromatic N) is 2. The summed E-state index contributed by atoms with van der Waals surface area (Å²) in [4.78, 5) is 8.41. The molecule has 3 nitrogen and oxygen atoms in total. The summed E-state index contributed by atoms with van der Waals surface area (Å²) in [5.41, 5.74) is 1.97. The number of hydrogen-bond donors (Lipinski definition) is 0. The van der Waals surface area contributed by atoms with E-state index in [-0.39, 0.29) is 12.2 Å². The molecule has 1 aromatic heterocycles. The maximum absolute atomic E-state index is 5.51. The van der Waals surface area contributed by atoms with Crippen LogP contribution in [0.1, 0.15) is 37.4 Å². The number of aromatic nitrogens is 2. The Hall–Kier alpha value is -0.960. The van der Waals surface area contributed by atoms with Crippen LogP contribution < -0.4 is 0 Å². The SMILES string of the molecule is C[C@@H]1O[C@@H](C)c2nccnc21. The van der Waals surface area contributed by atoms with Gasteiger partial charge in [0.2, 0.25) is 0 Å². The van der Waals surface area contributed by atoms with E-state index in [0.29, 0.717) is 0 Å². The quantitative estimate of drug-likeness (QED) is 0.563. The molecule has 2 rings (SSSR count). The molecule has 0 spiro atoms. The summed E-state index contributed by atoms with van der Waals surface area (Å²) in [6, 6.07) is 0. The second kappa shape index (κ2) is 2.27. The van der Waals surface area contributed by atoms with Crippen molar-refractivity contribution >= 4 is 0 Å². The van der Waals surface area contributed by atoms with Crippen LogP contribution in [0.5, 0.6) is 0 Å². The molecule has 1 aliphatic heterocycles. The van der Waals surface area contributed by atoms with Crippen LogP contribution in [0.15, 0.2) is 12.4 Å². The molecule has 2 atom stereocenters. The third-order valence-electron chi connectivity index (χ3n) is 1.93. The lowest BCUT2D eigenvalue weighted by atomic mass is 10.2. The molecular formula is C8H10N2O. The third-order valence-corrected chi connectivity index (χ3v) is 1.93. The lowest BCUT2D eigenvalue weighted by Gasteiger charge is -2.02. The van der Waals surface area contributed by atoms with Gasteiger partial charge in [0.25, 0.3) is 0 Å². The molecule has 0 unspecified atom stereocenters. The van der Waals surface area contributed by atoms with Gasteiger partial charge in [-0.3, -0.25) is 9.97 Å². The molecule has 0 amide bonds. The third kappa shape index (κ3) is 0.922. The van der Waals surface area contributed by atoms with Gasteiger partial charge >= 0.3 is 0 Å². The fourth-order valence-corrected chi connectivity index (χ4v) is 1.42. The van der Waals surface area contributed by atoms with E-state index in [1.165, 1.54) is 0 Å². The van der Waals surface area contributed by atoms with Crippen molar-refractivity contribution in [2.45, 2.75) is 26.1 Å². The van der Waals surface area contributed by atoms with Gasteiger partial charge < -0.3 is 4.74 Å². The lowest BCUT2D eigenvalue weighted by molar-refractivity contribution is 0.0307. The molecule has 0 radical (unpaired) electrons. The number of ether oxygens (including phenoxy) is 1. The van der Waals surface area contributed by atoms with Crippen LogP contribution in [0.3, 0.4) is 0 Å². The predicted molar refractivity (Wildman–Crippen MR) is 39.9 cm³/mol. The smallest absolute Gasteiger partial charge is 0.0995 e. The lowest BCUT2D eigenvalue weighted by Crippen LogP contribution is -1.93. The molecule has 0 saturated heterocycles. The predicted octanol–water partition coefficient (Wildman–Crippen LogP) is 1.63. The highest BCUT2D eigenvalue weighted by Gasteiger charge is 2.27. The van der Waals surface area contributed by atoms with Crippen LogP contribution in [-0.4, -0.2) is 9.97 Å². The van der Waals surface area contributed by atoms with Crippen molar-refractivity contribution in [1.82, 2.24) is 9.97 Å². The minimum atomic E-state index is 0.105. The molecule has 0 aromatic carbocycles. The highest BCUT2D eigenvalue weighted by Crippen LogP contribution is 2.34. The van der Waals surface area contributed by atoms with Crippen molar-refractivity contribution in [2.75, 3.05) is 0 Å². The molecule has 0 fully saturated rings. The number of rotatable bonds is 0. The maximum Gasteiger partial charge on any atom is 0.0995 e. The van der Waals surface area contributed by atoms with E-state index in [1.807, 2.05) is 13.8 Å². The average molecular weight is 150 g/mol. The van der Waals surface area contributed by atoms with Gasteiger partial charge in [-0.1, -0.05) is 0 Å². The van der Waals surface area contributed by atoms with Gasteiger partial charge in [0.15, 0.2) is 0 Å². The summed E-state index contributed by atoms with van der Waals surface area (Å²) in [7, 11) is 0. The maximum atomic E-state index is 5.51. The van der Waals surface area contributed by atoms with Crippen molar-refractivity contribution in [1.29, 1.82) is 0 Å². The Morgan fingerprint density at radius 2 is 1.55 bits per heavy atom. The van der Waals surface area contributed by atoms with E-state index < -0.39 is 0 Å². The van der Waals surface area contributed by atoms with E-state index in [4.69, 9.17) is 4.74 Å². The molecular weight excluding hydrogens is 140 g/mol. The molecule has 3 heteroatoms. The molecule has 58 valence electrons. The Bertz CT molecular complexity index is 248. The van der Waals surface area contributed by atoms with Gasteiger partial charge in [-0.15, -0.1) is 0 Å². The van der Waals surface area contributed by atoms with Crippen molar-refractivity contribution in [3.8, 4) is 0 Å². The molecule has 1 aromatic rings. The first-order valence-corrected chi connectivity index (χ1v) is 3.75. The Morgan fingerprint density at radius 3 is 2.00 bits per heavy atom. The summed E-state index contributed by atoms with van der Waals surface area (Å²) in [5.74, 6) is 0. The summed E-state index contributed by atoms with van der Waals surface area (Å²) in [5, 5.41) is 0. The van der Waals surface area contributed by atoms with Crippen LogP contribution in [-0.2, 0) is 4.74 Å². The van der Waals surface area contributed by atoms with Crippen LogP contribution in [0.25, 0.3) is 0 Å². The molecule has 0 bridgehead atoms. The van der Waals surface area contributed by atoms with Gasteiger partial charge in [0, 0.05) is 12.4 Å². The number of hydrogen-bond acceptors (Lipinski definition) is 3. The largest absolute Gasteiger partial charge is 0.363 e. The van der Waals surface area contributed by atoms with Crippen molar-refractivity contribution in [3.63, 3.8) is 0 Å². The van der Waals surface area contributed by atoms with E-state index in [2.05, 4.69) is 9.97 Å². The van der Waals surface area contributed by atoms with Crippen LogP contribution in [0, 0.1) is 0 Å². The zero-order valence-corrected chi connectivity index (χ0v) is 6.61. The Balaban J connectivity index is 2.52. The zero-order chi connectivity index (χ0) is 7.84. The minimum absolute atomic E-state index is 0.105. The van der Waals surface area contributed by atoms with Crippen molar-refractivity contribution in [2.24, 2.45) is 0 Å². The molecule has 1 aliphatic rings. The monoisotopic (exact) mass is 150 g/mol. The summed E-state index contributed by atoms with van der Waals surface area (Å²) in [6.45, 7) is 3.99. The summed E-state index contributed by atoms with van der Waals surface area (Å²) < 4.78 is 5.51. The van der Waals surface area contributed by atoms with Crippen LogP contribution >= 0.6 is 0 Å². The standard InChI is InChI=1S/C8H10N2O/c1-5-7-8(6(2)11-5)10-4-3-9-7/h3-6H,1-2H3/t5-,6-/m0/s1. The highest BCUT2D eigenvalue weighted by atomic mass is 16.5. The second-order valence-corrected chi connectivity index (χ2v) is 2.75. The molecule has 2 heterocycles. The second-order valence-electron chi connectivity index (χ2n) is 2.75. The fraction of sp³-hybridized carbons (Fsp3) is 0.500. The van der Waals surface area contributed by atoms with Gasteiger partial charge in [-0.25, -0.2) is 0 Å². The average Bonchev–Trinajstić information content (AvgIpc) is 2.30. The Morgan fingerprint density at radius 1 is 1.09 bits per heavy atom. The van der Waals surface area contributed by atoms with E-state index in [0.717, 1.165) is 11.4 Å². The van der Waals surface area contributed by atoms with Gasteiger partial charge in [-0.2, -0.15) is 0 Å². The molecule has 11 heavy (non-hydrogen) atoms. The minimum Gasteiger partial charge on any atom is -0.363 e. The Kier molecular flexibility index (Phi) is 1.39. The van der Waals surface area contributed by atoms with E-state index in [1.54, 1.807) is 12.4 Å². The van der Waals surface area contributed by atoms with Gasteiger partial charge in [0.05, 0.1) is 23.6 Å². The van der Waals surface area contributed by atoms with Crippen LogP contribution in [0.4, 0.5) is 0 Å². The van der Waals surface area contributed by atoms with Crippen LogP contribution in [0.2, 0.25) is 0 Å². The normalized spacial score (nSPS) is 28.5. The number of fused-ring (bicyclic) bond motifs is 1. The molecule has 0 saturated carbocycles. The van der Waals surface area contributed by atoms with E-state index >= 15 is 0 Å². The first-order valence-electron chi connectivity index (χ1n) is 3.75. The molecule has 0 aliphatic carbocycles. The Labute approximate surface area is 65.4 Å². The van der Waals surface area contributed by atoms with Crippen molar-refractivity contribution < 1.29 is 4.74 Å². The molecule has 0 N–H and O–H groups in total. The first kappa shape index (κ1) is 6.73. The zero-order valence-electron chi connectivity index (χ0n) is 6.61. The van der Waals surface area contributed by atoms with Gasteiger partial charge in [-0.05, 0) is 13.8 Å². The highest BCUT2D eigenvalue weighted by molar-refractivity contribution is 5.19. The fourth-order valence-electron chi connectivity index (χ4n) is 1.42. The topological polar surface area (TPSA) is 35.0 Å². The summed E-state index contributed by atoms with van der Waals surface area (Å²) in [6.07, 6.45) is 3.62. The first-order chi connectivity index (χ1) is 5.29. The summed E-state index contributed by atoms with van der Waals surface area (Å²) >= 11 is 0. The van der Waals surface area contributed by atoms with E-state index in [9.17, 15) is 0 Å².